The largest absolute Gasteiger partial charge is 0.251 e. The second kappa shape index (κ2) is 10.1. The summed E-state index contributed by atoms with van der Waals surface area (Å²) in [6.07, 6.45) is 13.6. The first-order valence-electron chi connectivity index (χ1n) is 16.4. The van der Waals surface area contributed by atoms with Crippen LogP contribution >= 0.6 is 18.5 Å². The van der Waals surface area contributed by atoms with Crippen LogP contribution in [0.25, 0.3) is 21.8 Å². The number of hydrogen-bond donors (Lipinski definition) is 0. The van der Waals surface area contributed by atoms with Crippen LogP contribution in [-0.2, 0) is 5.16 Å². The number of hydrogen-bond acceptors (Lipinski definition) is 2. The summed E-state index contributed by atoms with van der Waals surface area (Å²) in [5, 5.41) is 1.79. The first-order valence-corrected chi connectivity index (χ1v) is 17.8. The van der Waals surface area contributed by atoms with Gasteiger partial charge in [-0.15, -0.1) is 18.5 Å². The molecule has 3 atom stereocenters. The third kappa shape index (κ3) is 4.26. The van der Waals surface area contributed by atoms with Gasteiger partial charge < -0.3 is 0 Å². The quantitative estimate of drug-likeness (QED) is 0.213. The average molecular weight is 603 g/mol. The molecule has 0 aliphatic heterocycles. The molecule has 4 bridgehead atoms. The van der Waals surface area contributed by atoms with E-state index in [1.54, 1.807) is 5.57 Å². The van der Waals surface area contributed by atoms with E-state index in [0.717, 1.165) is 52.3 Å². The van der Waals surface area contributed by atoms with E-state index in [0.29, 0.717) is 5.92 Å². The average Bonchev–Trinajstić information content (AvgIpc) is 3.48. The Hall–Kier alpha value is -2.40. The van der Waals surface area contributed by atoms with Gasteiger partial charge >= 0.3 is 0 Å². The van der Waals surface area contributed by atoms with Gasteiger partial charge in [-0.2, -0.15) is 0 Å². The van der Waals surface area contributed by atoms with Crippen LogP contribution in [0.2, 0.25) is 0 Å². The molecule has 2 nitrogen and oxygen atoms in total. The van der Waals surface area contributed by atoms with E-state index in [4.69, 9.17) is 9.97 Å². The van der Waals surface area contributed by atoms with E-state index >= 15 is 0 Å². The van der Waals surface area contributed by atoms with Gasteiger partial charge in [0.2, 0.25) is 0 Å². The summed E-state index contributed by atoms with van der Waals surface area (Å²) >= 11 is 0. The Labute approximate surface area is 261 Å². The third-order valence-electron chi connectivity index (χ3n) is 11.8. The van der Waals surface area contributed by atoms with Crippen LogP contribution in [0.5, 0.6) is 0 Å². The zero-order valence-electron chi connectivity index (χ0n) is 25.8. The number of nitrogens with zero attached hydrogens (tertiary/aromatic N) is 2. The summed E-state index contributed by atoms with van der Waals surface area (Å²) in [5.41, 5.74) is 7.56. The third-order valence-corrected chi connectivity index (χ3v) is 13.4. The van der Waals surface area contributed by atoms with Crippen molar-refractivity contribution in [1.29, 1.82) is 0 Å². The Morgan fingerprint density at radius 1 is 0.698 bits per heavy atom. The summed E-state index contributed by atoms with van der Waals surface area (Å²) in [7, 11) is 6.61. The van der Waals surface area contributed by atoms with Crippen molar-refractivity contribution in [1.82, 2.24) is 9.97 Å². The number of fused-ring (bicyclic) bond motifs is 2. The molecule has 5 aliphatic carbocycles. The first kappa shape index (κ1) is 28.1. The van der Waals surface area contributed by atoms with Gasteiger partial charge in [-0.05, 0) is 103 Å². The highest BCUT2D eigenvalue weighted by Gasteiger charge is 2.60. The molecular formula is C39H44N2P2. The molecule has 2 aromatic heterocycles. The smallest absolute Gasteiger partial charge is 0.0933 e. The SMILES string of the molecule is CC(C)(C)C1C=C(C(P)(c2ccc3ccccc3n2)c2ccc3ccccc3n2)C(C2(CP)C3CC4CC(C3)CC2C4)=C1. The Balaban J connectivity index is 1.38. The molecule has 5 aliphatic rings. The van der Waals surface area contributed by atoms with E-state index in [-0.39, 0.29) is 10.8 Å². The molecule has 4 fully saturated rings. The van der Waals surface area contributed by atoms with Crippen LogP contribution in [0.3, 0.4) is 0 Å². The number of para-hydroxylation sites is 2. The molecule has 4 heteroatoms. The molecule has 4 saturated carbocycles. The molecule has 4 aromatic rings. The van der Waals surface area contributed by atoms with Crippen molar-refractivity contribution < 1.29 is 0 Å². The summed E-state index contributed by atoms with van der Waals surface area (Å²) in [6.45, 7) is 7.22. The first-order chi connectivity index (χ1) is 20.7. The Morgan fingerprint density at radius 2 is 1.21 bits per heavy atom. The van der Waals surface area contributed by atoms with Gasteiger partial charge in [0.25, 0.3) is 0 Å². The van der Waals surface area contributed by atoms with Crippen LogP contribution in [0, 0.1) is 40.4 Å². The molecule has 43 heavy (non-hydrogen) atoms. The van der Waals surface area contributed by atoms with Gasteiger partial charge in [0.1, 0.15) is 0 Å². The fraction of sp³-hybridized carbons (Fsp3) is 0.436. The van der Waals surface area contributed by atoms with E-state index in [1.807, 2.05) is 0 Å². The van der Waals surface area contributed by atoms with Gasteiger partial charge in [-0.1, -0.05) is 81.5 Å². The van der Waals surface area contributed by atoms with Gasteiger partial charge in [-0.25, -0.2) is 0 Å². The zero-order valence-corrected chi connectivity index (χ0v) is 28.1. The van der Waals surface area contributed by atoms with Crippen LogP contribution in [0.15, 0.2) is 96.1 Å². The van der Waals surface area contributed by atoms with Crippen molar-refractivity contribution in [2.45, 2.75) is 58.0 Å². The minimum absolute atomic E-state index is 0.125. The highest BCUT2D eigenvalue weighted by molar-refractivity contribution is 7.19. The van der Waals surface area contributed by atoms with E-state index in [9.17, 15) is 0 Å². The van der Waals surface area contributed by atoms with Crippen molar-refractivity contribution in [3.8, 4) is 0 Å². The summed E-state index contributed by atoms with van der Waals surface area (Å²) in [6, 6.07) is 26.1. The Morgan fingerprint density at radius 3 is 1.70 bits per heavy atom. The molecule has 9 rings (SSSR count). The fourth-order valence-corrected chi connectivity index (χ4v) is 11.2. The lowest BCUT2D eigenvalue weighted by molar-refractivity contribution is -0.0736. The highest BCUT2D eigenvalue weighted by Crippen LogP contribution is 2.69. The van der Waals surface area contributed by atoms with Gasteiger partial charge in [-0.3, -0.25) is 9.97 Å². The molecule has 0 spiro atoms. The molecule has 0 N–H and O–H groups in total. The molecular weight excluding hydrogens is 558 g/mol. The van der Waals surface area contributed by atoms with Crippen molar-refractivity contribution >= 4 is 40.3 Å². The van der Waals surface area contributed by atoms with Gasteiger partial charge in [0, 0.05) is 22.1 Å². The maximum atomic E-state index is 5.42. The monoisotopic (exact) mass is 602 g/mol. The minimum atomic E-state index is -0.568. The summed E-state index contributed by atoms with van der Waals surface area (Å²) in [4.78, 5) is 10.8. The predicted octanol–water partition coefficient (Wildman–Crippen LogP) is 9.75. The number of aromatic nitrogens is 2. The van der Waals surface area contributed by atoms with Crippen LogP contribution in [0.4, 0.5) is 0 Å². The summed E-state index contributed by atoms with van der Waals surface area (Å²) in [5.74, 6) is 3.76. The normalized spacial score (nSPS) is 30.2. The molecule has 0 amide bonds. The summed E-state index contributed by atoms with van der Waals surface area (Å²) < 4.78 is 0. The van der Waals surface area contributed by atoms with E-state index in [2.05, 4.69) is 124 Å². The minimum Gasteiger partial charge on any atom is -0.251 e. The van der Waals surface area contributed by atoms with Crippen molar-refractivity contribution in [3.63, 3.8) is 0 Å². The van der Waals surface area contributed by atoms with Crippen LogP contribution < -0.4 is 0 Å². The number of allylic oxidation sites excluding steroid dienone is 4. The van der Waals surface area contributed by atoms with Crippen LogP contribution in [0.1, 0.15) is 64.3 Å². The molecule has 0 radical (unpaired) electrons. The maximum absolute atomic E-state index is 5.42. The fourth-order valence-electron chi connectivity index (χ4n) is 9.72. The van der Waals surface area contributed by atoms with Crippen molar-refractivity contribution in [2.24, 2.45) is 40.4 Å². The molecule has 2 heterocycles. The lowest BCUT2D eigenvalue weighted by Crippen LogP contribution is -2.55. The predicted molar refractivity (Wildman–Crippen MR) is 187 cm³/mol. The molecule has 0 saturated heterocycles. The number of benzene rings is 2. The van der Waals surface area contributed by atoms with Gasteiger partial charge in [0.15, 0.2) is 0 Å². The van der Waals surface area contributed by atoms with E-state index < -0.39 is 5.16 Å². The standard InChI is InChI=1S/C39H44N2P2/c1-37(2,3)28-21-31(38(23-42)29-17-24-16-25(19-29)20-30(38)18-24)32(22-28)39(43,35-14-12-26-8-4-6-10-33(26)40-35)36-15-13-27-9-5-7-11-34(27)41-36/h4-15,21-22,24-25,28-30H,16-20,23,42-43H2,1-3H3. The van der Waals surface area contributed by atoms with Crippen molar-refractivity contribution in [2.75, 3.05) is 6.16 Å². The van der Waals surface area contributed by atoms with Crippen LogP contribution in [-0.4, -0.2) is 16.1 Å². The van der Waals surface area contributed by atoms with Gasteiger partial charge in [0.05, 0.1) is 27.6 Å². The molecule has 3 unspecified atom stereocenters. The second-order valence-corrected chi connectivity index (χ2v) is 16.5. The zero-order chi connectivity index (χ0) is 29.6. The lowest BCUT2D eigenvalue weighted by Gasteiger charge is -2.62. The Kier molecular flexibility index (Phi) is 6.57. The topological polar surface area (TPSA) is 25.8 Å². The second-order valence-electron chi connectivity index (χ2n) is 15.2. The lowest BCUT2D eigenvalue weighted by atomic mass is 9.43. The van der Waals surface area contributed by atoms with E-state index in [1.165, 1.54) is 48.4 Å². The maximum Gasteiger partial charge on any atom is 0.0933 e. The Bertz CT molecular complexity index is 1690. The number of rotatable bonds is 5. The van der Waals surface area contributed by atoms with Crippen molar-refractivity contribution in [3.05, 3.63) is 107 Å². The number of pyridine rings is 2. The molecule has 220 valence electrons. The molecule has 2 aromatic carbocycles. The highest BCUT2D eigenvalue weighted by atomic mass is 31.0.